The highest BCUT2D eigenvalue weighted by Gasteiger charge is 2.23. The second kappa shape index (κ2) is 8.16. The molecule has 0 saturated carbocycles. The Balaban J connectivity index is 1.91. The van der Waals surface area contributed by atoms with Crippen molar-refractivity contribution in [1.82, 2.24) is 0 Å². The van der Waals surface area contributed by atoms with Crippen molar-refractivity contribution in [2.24, 2.45) is 0 Å². The first kappa shape index (κ1) is 17.5. The third-order valence-corrected chi connectivity index (χ3v) is 6.82. The Bertz CT molecular complexity index is 870. The van der Waals surface area contributed by atoms with Gasteiger partial charge < -0.3 is 4.57 Å². The van der Waals surface area contributed by atoms with Crippen LogP contribution in [-0.4, -0.2) is 0 Å². The number of rotatable bonds is 5. The fourth-order valence-corrected chi connectivity index (χ4v) is 4.87. The third-order valence-electron chi connectivity index (χ3n) is 3.85. The first-order chi connectivity index (χ1) is 12.2. The summed E-state index contributed by atoms with van der Waals surface area (Å²) in [4.78, 5) is 0. The van der Waals surface area contributed by atoms with Crippen molar-refractivity contribution < 1.29 is 4.57 Å². The molecule has 0 bridgehead atoms. The van der Waals surface area contributed by atoms with Gasteiger partial charge in [0.15, 0.2) is 7.14 Å². The lowest BCUT2D eigenvalue weighted by molar-refractivity contribution is 0.592. The molecule has 3 aromatic rings. The van der Waals surface area contributed by atoms with E-state index in [0.717, 1.165) is 16.2 Å². The predicted octanol–water partition coefficient (Wildman–Crippen LogP) is 5.88. The Labute approximate surface area is 153 Å². The van der Waals surface area contributed by atoms with Crippen LogP contribution in [0.1, 0.15) is 5.56 Å². The summed E-state index contributed by atoms with van der Waals surface area (Å²) >= 11 is 5.89. The van der Waals surface area contributed by atoms with Crippen LogP contribution in [-0.2, 0) is 4.57 Å². The maximum absolute atomic E-state index is 13.7. The van der Waals surface area contributed by atoms with Crippen molar-refractivity contribution in [1.29, 1.82) is 0 Å². The van der Waals surface area contributed by atoms with Crippen molar-refractivity contribution in [3.8, 4) is 0 Å². The first-order valence-corrected chi connectivity index (χ1v) is 10.2. The van der Waals surface area contributed by atoms with E-state index in [4.69, 9.17) is 11.6 Å². The highest BCUT2D eigenvalue weighted by atomic mass is 35.5. The maximum Gasteiger partial charge on any atom is 0.164 e. The zero-order chi connectivity index (χ0) is 17.5. The lowest BCUT2D eigenvalue weighted by Crippen LogP contribution is -2.13. The molecule has 0 N–H and O–H groups in total. The summed E-state index contributed by atoms with van der Waals surface area (Å²) in [6.07, 6.45) is 5.73. The van der Waals surface area contributed by atoms with Crippen molar-refractivity contribution in [3.05, 3.63) is 113 Å². The SMILES string of the molecule is O=P(/C=C\C=C\c1ccc(Cl)cc1)(c1ccccc1)c1ccccc1. The molecule has 0 aliphatic carbocycles. The minimum atomic E-state index is -2.81. The molecule has 3 rings (SSSR count). The van der Waals surface area contributed by atoms with Crippen LogP contribution in [0.25, 0.3) is 6.08 Å². The van der Waals surface area contributed by atoms with Crippen LogP contribution < -0.4 is 10.6 Å². The van der Waals surface area contributed by atoms with Crippen LogP contribution in [0.15, 0.2) is 103 Å². The van der Waals surface area contributed by atoms with E-state index in [-0.39, 0.29) is 0 Å². The number of halogens is 1. The summed E-state index contributed by atoms with van der Waals surface area (Å²) in [7, 11) is -2.81. The van der Waals surface area contributed by atoms with Gasteiger partial charge in [0.1, 0.15) is 0 Å². The van der Waals surface area contributed by atoms with Crippen molar-refractivity contribution in [3.63, 3.8) is 0 Å². The highest BCUT2D eigenvalue weighted by molar-refractivity contribution is 7.81. The summed E-state index contributed by atoms with van der Waals surface area (Å²) in [6, 6.07) is 26.8. The molecule has 0 amide bonds. The van der Waals surface area contributed by atoms with Gasteiger partial charge in [-0.25, -0.2) is 0 Å². The summed E-state index contributed by atoms with van der Waals surface area (Å²) < 4.78 is 13.7. The monoisotopic (exact) mass is 364 g/mol. The molecule has 0 aliphatic rings. The standard InChI is InChI=1S/C22H18ClOP/c23-20-16-14-19(15-17-20)9-7-8-18-25(24,21-10-3-1-4-11-21)22-12-5-2-6-13-22/h1-18H/b9-7+,18-8-. The van der Waals surface area contributed by atoms with E-state index in [9.17, 15) is 4.57 Å². The molecule has 0 aromatic heterocycles. The average Bonchev–Trinajstić information content (AvgIpc) is 2.68. The summed E-state index contributed by atoms with van der Waals surface area (Å²) in [6.45, 7) is 0. The van der Waals surface area contributed by atoms with Gasteiger partial charge in [-0.15, -0.1) is 0 Å². The van der Waals surface area contributed by atoms with Crippen LogP contribution in [0.2, 0.25) is 5.02 Å². The second-order valence-corrected chi connectivity index (χ2v) is 8.66. The lowest BCUT2D eigenvalue weighted by Gasteiger charge is -2.14. The van der Waals surface area contributed by atoms with E-state index in [1.54, 1.807) is 0 Å². The summed E-state index contributed by atoms with van der Waals surface area (Å²) in [5, 5.41) is 2.38. The molecule has 0 radical (unpaired) electrons. The first-order valence-electron chi connectivity index (χ1n) is 8.01. The number of hydrogen-bond donors (Lipinski definition) is 0. The minimum absolute atomic E-state index is 0.713. The molecule has 25 heavy (non-hydrogen) atoms. The molecule has 0 heterocycles. The van der Waals surface area contributed by atoms with E-state index < -0.39 is 7.14 Å². The fourth-order valence-electron chi connectivity index (χ4n) is 2.53. The van der Waals surface area contributed by atoms with Gasteiger partial charge in [0.2, 0.25) is 0 Å². The van der Waals surface area contributed by atoms with Gasteiger partial charge >= 0.3 is 0 Å². The van der Waals surface area contributed by atoms with Gasteiger partial charge in [-0.3, -0.25) is 0 Å². The second-order valence-electron chi connectivity index (χ2n) is 5.58. The Morgan fingerprint density at radius 1 is 0.680 bits per heavy atom. The van der Waals surface area contributed by atoms with E-state index in [2.05, 4.69) is 0 Å². The molecule has 1 nitrogen and oxygen atoms in total. The summed E-state index contributed by atoms with van der Waals surface area (Å²) in [5.74, 6) is 1.81. The van der Waals surface area contributed by atoms with E-state index in [1.807, 2.05) is 109 Å². The Kier molecular flexibility index (Phi) is 5.71. The predicted molar refractivity (Wildman–Crippen MR) is 109 cm³/mol. The minimum Gasteiger partial charge on any atom is -0.309 e. The Hall–Kier alpha value is -2.34. The molecule has 0 unspecified atom stereocenters. The van der Waals surface area contributed by atoms with Gasteiger partial charge in [0.05, 0.1) is 0 Å². The Morgan fingerprint density at radius 2 is 1.20 bits per heavy atom. The van der Waals surface area contributed by atoms with Gasteiger partial charge in [0.25, 0.3) is 0 Å². The van der Waals surface area contributed by atoms with Crippen LogP contribution in [0.4, 0.5) is 0 Å². The molecule has 3 heteroatoms. The van der Waals surface area contributed by atoms with Crippen LogP contribution >= 0.6 is 18.7 Å². The van der Waals surface area contributed by atoms with Gasteiger partial charge in [-0.1, -0.05) is 103 Å². The summed E-state index contributed by atoms with van der Waals surface area (Å²) in [5.41, 5.74) is 1.04. The van der Waals surface area contributed by atoms with E-state index in [1.165, 1.54) is 0 Å². The van der Waals surface area contributed by atoms with Crippen LogP contribution in [0, 0.1) is 0 Å². The molecular weight excluding hydrogens is 347 g/mol. The zero-order valence-electron chi connectivity index (χ0n) is 13.6. The molecule has 3 aromatic carbocycles. The molecule has 124 valence electrons. The van der Waals surface area contributed by atoms with Crippen LogP contribution in [0.3, 0.4) is 0 Å². The largest absolute Gasteiger partial charge is 0.309 e. The number of benzene rings is 3. The van der Waals surface area contributed by atoms with Crippen LogP contribution in [0.5, 0.6) is 0 Å². The quantitative estimate of drug-likeness (QED) is 0.408. The molecule has 0 spiro atoms. The van der Waals surface area contributed by atoms with E-state index in [0.29, 0.717) is 5.02 Å². The number of hydrogen-bond acceptors (Lipinski definition) is 1. The molecule has 0 saturated heterocycles. The normalized spacial score (nSPS) is 12.0. The third kappa shape index (κ3) is 4.39. The molecule has 0 aliphatic heterocycles. The molecular formula is C22H18ClOP. The van der Waals surface area contributed by atoms with Crippen molar-refractivity contribution in [2.45, 2.75) is 0 Å². The van der Waals surface area contributed by atoms with E-state index >= 15 is 0 Å². The van der Waals surface area contributed by atoms with Gasteiger partial charge in [-0.2, -0.15) is 0 Å². The number of allylic oxidation sites excluding steroid dienone is 2. The maximum atomic E-state index is 13.7. The highest BCUT2D eigenvalue weighted by Crippen LogP contribution is 2.44. The average molecular weight is 365 g/mol. The van der Waals surface area contributed by atoms with Crippen molar-refractivity contribution >= 4 is 35.4 Å². The van der Waals surface area contributed by atoms with Gasteiger partial charge in [0, 0.05) is 15.6 Å². The Morgan fingerprint density at radius 3 is 1.72 bits per heavy atom. The molecule has 0 atom stereocenters. The fraction of sp³-hybridized carbons (Fsp3) is 0. The van der Waals surface area contributed by atoms with Gasteiger partial charge in [-0.05, 0) is 23.5 Å². The van der Waals surface area contributed by atoms with Crippen molar-refractivity contribution in [2.75, 3.05) is 0 Å². The zero-order valence-corrected chi connectivity index (χ0v) is 15.3. The topological polar surface area (TPSA) is 17.1 Å². The smallest absolute Gasteiger partial charge is 0.164 e. The lowest BCUT2D eigenvalue weighted by atomic mass is 10.2. The molecule has 0 fully saturated rings.